The zero-order valence-corrected chi connectivity index (χ0v) is 13.4. The molecule has 2 saturated heterocycles. The molecule has 5 heteroatoms. The van der Waals surface area contributed by atoms with Gasteiger partial charge in [0.25, 0.3) is 5.91 Å². The second-order valence-corrected chi connectivity index (χ2v) is 8.63. The molecule has 4 nitrogen and oxygen atoms in total. The highest BCUT2D eigenvalue weighted by atomic mass is 32.2. The van der Waals surface area contributed by atoms with Crippen LogP contribution in [0.4, 0.5) is 0 Å². The summed E-state index contributed by atoms with van der Waals surface area (Å²) < 4.78 is 16.9. The molecule has 1 aromatic carbocycles. The highest BCUT2D eigenvalue weighted by Gasteiger charge is 2.47. The van der Waals surface area contributed by atoms with E-state index in [0.29, 0.717) is 10.9 Å². The van der Waals surface area contributed by atoms with Crippen LogP contribution in [0.25, 0.3) is 0 Å². The summed E-state index contributed by atoms with van der Waals surface area (Å²) in [7, 11) is -2.67. The van der Waals surface area contributed by atoms with E-state index in [2.05, 4.69) is 9.68 Å². The fraction of sp³-hybridized carbons (Fsp3) is 0.562. The monoisotopic (exact) mass is 306 g/mol. The Morgan fingerprint density at radius 1 is 1.29 bits per heavy atom. The standard InChI is InChI=1S/C16H22N2O2S/c1-12-5-7-14(8-6-12)21(2,20)18-15(19)16-10-3-4-13(17-16)9-11-16/h5-8,13,17H,3-4,9-11H2,1-2H3. The number of fused-ring (bicyclic) bond motifs is 2. The highest BCUT2D eigenvalue weighted by Crippen LogP contribution is 2.36. The lowest BCUT2D eigenvalue weighted by molar-refractivity contribution is -0.124. The first-order valence-corrected chi connectivity index (χ1v) is 9.45. The summed E-state index contributed by atoms with van der Waals surface area (Å²) in [4.78, 5) is 13.3. The van der Waals surface area contributed by atoms with Crippen molar-refractivity contribution in [3.8, 4) is 0 Å². The number of piperidine rings is 1. The molecule has 2 aliphatic rings. The van der Waals surface area contributed by atoms with Crippen LogP contribution in [0.3, 0.4) is 0 Å². The molecule has 1 aromatic rings. The lowest BCUT2D eigenvalue weighted by atomic mass is 9.90. The topological polar surface area (TPSA) is 58.5 Å². The molecule has 3 unspecified atom stereocenters. The molecule has 0 radical (unpaired) electrons. The number of aryl methyl sites for hydroxylation is 1. The predicted octanol–water partition coefficient (Wildman–Crippen LogP) is 2.65. The van der Waals surface area contributed by atoms with Crippen molar-refractivity contribution in [2.75, 3.05) is 6.26 Å². The Kier molecular flexibility index (Phi) is 3.66. The fourth-order valence-corrected chi connectivity index (χ4v) is 4.62. The van der Waals surface area contributed by atoms with Crippen LogP contribution in [0.15, 0.2) is 33.5 Å². The van der Waals surface area contributed by atoms with E-state index >= 15 is 0 Å². The van der Waals surface area contributed by atoms with Gasteiger partial charge in [0.2, 0.25) is 0 Å². The van der Waals surface area contributed by atoms with Gasteiger partial charge in [0.05, 0.1) is 9.73 Å². The van der Waals surface area contributed by atoms with Crippen LogP contribution in [0.1, 0.15) is 37.7 Å². The maximum atomic E-state index is 12.8. The molecule has 0 aromatic heterocycles. The van der Waals surface area contributed by atoms with Crippen LogP contribution < -0.4 is 5.32 Å². The van der Waals surface area contributed by atoms with Crippen LogP contribution >= 0.6 is 0 Å². The first-order chi connectivity index (χ1) is 9.91. The van der Waals surface area contributed by atoms with E-state index in [0.717, 1.165) is 37.7 Å². The van der Waals surface area contributed by atoms with Gasteiger partial charge in [-0.1, -0.05) is 17.7 Å². The molecule has 1 N–H and O–H groups in total. The minimum Gasteiger partial charge on any atom is -0.300 e. The van der Waals surface area contributed by atoms with Gasteiger partial charge in [-0.15, -0.1) is 0 Å². The average Bonchev–Trinajstić information content (AvgIpc) is 2.75. The first kappa shape index (κ1) is 14.7. The number of amides is 1. The third-order valence-electron chi connectivity index (χ3n) is 4.68. The van der Waals surface area contributed by atoms with E-state index in [-0.39, 0.29) is 5.91 Å². The molecule has 0 saturated carbocycles. The minimum absolute atomic E-state index is 0.224. The molecule has 2 bridgehead atoms. The zero-order valence-electron chi connectivity index (χ0n) is 12.6. The maximum absolute atomic E-state index is 12.8. The molecule has 2 heterocycles. The summed E-state index contributed by atoms with van der Waals surface area (Å²) >= 11 is 0. The zero-order chi connectivity index (χ0) is 15.1. The third kappa shape index (κ3) is 2.77. The Hall–Kier alpha value is -1.20. The first-order valence-electron chi connectivity index (χ1n) is 7.52. The van der Waals surface area contributed by atoms with E-state index in [1.165, 1.54) is 0 Å². The van der Waals surface area contributed by atoms with E-state index in [1.54, 1.807) is 18.4 Å². The summed E-state index contributed by atoms with van der Waals surface area (Å²) in [5.41, 5.74) is 0.554. The third-order valence-corrected chi connectivity index (χ3v) is 6.34. The Labute approximate surface area is 126 Å². The van der Waals surface area contributed by atoms with Gasteiger partial charge in [0, 0.05) is 17.2 Å². The van der Waals surface area contributed by atoms with E-state index in [9.17, 15) is 9.00 Å². The van der Waals surface area contributed by atoms with Crippen LogP contribution in [0.5, 0.6) is 0 Å². The molecular formula is C16H22N2O2S. The predicted molar refractivity (Wildman–Crippen MR) is 83.7 cm³/mol. The van der Waals surface area contributed by atoms with Crippen LogP contribution in [0.2, 0.25) is 0 Å². The SMILES string of the molecule is Cc1ccc(S(C)(=O)=NC(=O)C23CCCC(CC2)N3)cc1. The number of benzene rings is 1. The Morgan fingerprint density at radius 2 is 2.00 bits per heavy atom. The largest absolute Gasteiger partial charge is 0.300 e. The molecule has 2 aliphatic heterocycles. The molecule has 114 valence electrons. The number of carbonyl (C=O) groups is 1. The van der Waals surface area contributed by atoms with Crippen LogP contribution in [-0.2, 0) is 14.5 Å². The normalized spacial score (nSPS) is 30.7. The summed E-state index contributed by atoms with van der Waals surface area (Å²) in [6.45, 7) is 1.98. The van der Waals surface area contributed by atoms with Crippen molar-refractivity contribution < 1.29 is 9.00 Å². The van der Waals surface area contributed by atoms with Gasteiger partial charge < -0.3 is 5.32 Å². The fourth-order valence-electron chi connectivity index (χ4n) is 3.38. The Morgan fingerprint density at radius 3 is 2.71 bits per heavy atom. The Bertz CT molecular complexity index is 670. The molecule has 3 atom stereocenters. The lowest BCUT2D eigenvalue weighted by Gasteiger charge is -2.31. The highest BCUT2D eigenvalue weighted by molar-refractivity contribution is 7.93. The minimum atomic E-state index is -2.67. The van der Waals surface area contributed by atoms with E-state index < -0.39 is 15.3 Å². The number of hydrogen-bond acceptors (Lipinski definition) is 3. The van der Waals surface area contributed by atoms with Crippen molar-refractivity contribution in [3.63, 3.8) is 0 Å². The van der Waals surface area contributed by atoms with Gasteiger partial charge in [-0.25, -0.2) is 4.21 Å². The smallest absolute Gasteiger partial charge is 0.274 e. The summed E-state index contributed by atoms with van der Waals surface area (Å²) in [6.07, 6.45) is 6.40. The van der Waals surface area contributed by atoms with Crippen LogP contribution in [-0.4, -0.2) is 28.0 Å². The number of rotatable bonds is 2. The van der Waals surface area contributed by atoms with E-state index in [1.807, 2.05) is 19.1 Å². The molecule has 0 spiro atoms. The molecule has 21 heavy (non-hydrogen) atoms. The summed E-state index contributed by atoms with van der Waals surface area (Å²) in [5, 5.41) is 3.42. The van der Waals surface area contributed by atoms with E-state index in [4.69, 9.17) is 0 Å². The van der Waals surface area contributed by atoms with Crippen molar-refractivity contribution in [1.29, 1.82) is 0 Å². The second kappa shape index (κ2) is 5.21. The lowest BCUT2D eigenvalue weighted by Crippen LogP contribution is -2.52. The molecule has 1 amide bonds. The van der Waals surface area contributed by atoms with Gasteiger partial charge in [-0.05, 0) is 51.2 Å². The van der Waals surface area contributed by atoms with Gasteiger partial charge in [0.1, 0.15) is 5.54 Å². The van der Waals surface area contributed by atoms with Gasteiger partial charge in [-0.3, -0.25) is 4.79 Å². The van der Waals surface area contributed by atoms with Crippen molar-refractivity contribution in [3.05, 3.63) is 29.8 Å². The van der Waals surface area contributed by atoms with Crippen LogP contribution in [0, 0.1) is 6.92 Å². The number of nitrogens with zero attached hydrogens (tertiary/aromatic N) is 1. The molecular weight excluding hydrogens is 284 g/mol. The quantitative estimate of drug-likeness (QED) is 0.914. The van der Waals surface area contributed by atoms with Crippen molar-refractivity contribution in [1.82, 2.24) is 5.32 Å². The average molecular weight is 306 g/mol. The van der Waals surface area contributed by atoms with Gasteiger partial charge in [0.15, 0.2) is 0 Å². The number of hydrogen-bond donors (Lipinski definition) is 1. The second-order valence-electron chi connectivity index (χ2n) is 6.37. The van der Waals surface area contributed by atoms with Gasteiger partial charge >= 0.3 is 0 Å². The molecule has 2 fully saturated rings. The maximum Gasteiger partial charge on any atom is 0.274 e. The number of nitrogens with one attached hydrogen (secondary N) is 1. The van der Waals surface area contributed by atoms with Crippen molar-refractivity contribution in [2.45, 2.75) is 55.5 Å². The van der Waals surface area contributed by atoms with Crippen molar-refractivity contribution >= 4 is 15.6 Å². The molecule has 3 rings (SSSR count). The Balaban J connectivity index is 1.91. The summed E-state index contributed by atoms with van der Waals surface area (Å²) in [6, 6.07) is 7.85. The van der Waals surface area contributed by atoms with Crippen molar-refractivity contribution in [2.24, 2.45) is 4.36 Å². The summed E-state index contributed by atoms with van der Waals surface area (Å²) in [5.74, 6) is -0.224. The van der Waals surface area contributed by atoms with Gasteiger partial charge in [-0.2, -0.15) is 4.36 Å². The number of carbonyl (C=O) groups excluding carboxylic acids is 1. The molecule has 0 aliphatic carbocycles.